The molecule has 0 radical (unpaired) electrons. The summed E-state index contributed by atoms with van der Waals surface area (Å²) in [4.78, 5) is 0. The Balaban J connectivity index is 1.81. The van der Waals surface area contributed by atoms with Crippen molar-refractivity contribution in [2.45, 2.75) is 39.3 Å². The van der Waals surface area contributed by atoms with Gasteiger partial charge < -0.3 is 10.1 Å². The highest BCUT2D eigenvalue weighted by Crippen LogP contribution is 2.30. The lowest BCUT2D eigenvalue weighted by atomic mass is 10.1. The van der Waals surface area contributed by atoms with Crippen molar-refractivity contribution in [1.82, 2.24) is 5.32 Å². The van der Waals surface area contributed by atoms with Crippen molar-refractivity contribution >= 4 is 11.6 Å². The lowest BCUT2D eigenvalue weighted by molar-refractivity contribution is 0.472. The standard InChI is InChI=1S/C18H20ClNO/c1-12-3-8-17(9-13(12)2)21-18-10-15(19)5-4-14(18)11-20-16-6-7-16/h3-5,8-10,16,20H,6-7,11H2,1-2H3. The van der Waals surface area contributed by atoms with Crippen LogP contribution in [0.5, 0.6) is 11.5 Å². The third-order valence-corrected chi connectivity index (χ3v) is 4.13. The third kappa shape index (κ3) is 3.78. The van der Waals surface area contributed by atoms with Crippen molar-refractivity contribution in [2.75, 3.05) is 0 Å². The number of rotatable bonds is 5. The van der Waals surface area contributed by atoms with E-state index in [0.717, 1.165) is 23.6 Å². The maximum absolute atomic E-state index is 6.11. The molecule has 0 saturated heterocycles. The van der Waals surface area contributed by atoms with Crippen molar-refractivity contribution in [2.24, 2.45) is 0 Å². The summed E-state index contributed by atoms with van der Waals surface area (Å²) in [6, 6.07) is 12.7. The molecule has 1 aliphatic carbocycles. The lowest BCUT2D eigenvalue weighted by Crippen LogP contribution is -2.15. The van der Waals surface area contributed by atoms with E-state index in [2.05, 4.69) is 31.3 Å². The van der Waals surface area contributed by atoms with Crippen LogP contribution < -0.4 is 10.1 Å². The van der Waals surface area contributed by atoms with Gasteiger partial charge in [0, 0.05) is 23.2 Å². The summed E-state index contributed by atoms with van der Waals surface area (Å²) in [5, 5.41) is 4.21. The summed E-state index contributed by atoms with van der Waals surface area (Å²) in [5.74, 6) is 1.69. The van der Waals surface area contributed by atoms with Crippen LogP contribution >= 0.6 is 11.6 Å². The van der Waals surface area contributed by atoms with Crippen molar-refractivity contribution in [3.8, 4) is 11.5 Å². The summed E-state index contributed by atoms with van der Waals surface area (Å²) >= 11 is 6.11. The molecular formula is C18H20ClNO. The van der Waals surface area contributed by atoms with Crippen LogP contribution in [0.15, 0.2) is 36.4 Å². The van der Waals surface area contributed by atoms with E-state index >= 15 is 0 Å². The van der Waals surface area contributed by atoms with E-state index in [0.29, 0.717) is 11.1 Å². The van der Waals surface area contributed by atoms with Crippen molar-refractivity contribution < 1.29 is 4.74 Å². The zero-order valence-corrected chi connectivity index (χ0v) is 13.2. The van der Waals surface area contributed by atoms with Gasteiger partial charge in [-0.3, -0.25) is 0 Å². The van der Waals surface area contributed by atoms with Crippen LogP contribution in [0.1, 0.15) is 29.5 Å². The number of hydrogen-bond donors (Lipinski definition) is 1. The van der Waals surface area contributed by atoms with Crippen LogP contribution in [-0.4, -0.2) is 6.04 Å². The van der Waals surface area contributed by atoms with Gasteiger partial charge in [0.2, 0.25) is 0 Å². The molecule has 1 aliphatic rings. The molecule has 0 atom stereocenters. The molecule has 0 bridgehead atoms. The van der Waals surface area contributed by atoms with E-state index in [1.807, 2.05) is 24.3 Å². The van der Waals surface area contributed by atoms with Gasteiger partial charge in [0.25, 0.3) is 0 Å². The molecule has 2 nitrogen and oxygen atoms in total. The first kappa shape index (κ1) is 14.4. The van der Waals surface area contributed by atoms with E-state index in [1.165, 1.54) is 24.0 Å². The van der Waals surface area contributed by atoms with Gasteiger partial charge in [0.1, 0.15) is 11.5 Å². The molecule has 1 N–H and O–H groups in total. The average Bonchev–Trinajstić information content (AvgIpc) is 3.26. The van der Waals surface area contributed by atoms with Crippen LogP contribution in [-0.2, 0) is 6.54 Å². The number of halogens is 1. The molecule has 21 heavy (non-hydrogen) atoms. The number of aryl methyl sites for hydroxylation is 2. The lowest BCUT2D eigenvalue weighted by Gasteiger charge is -2.13. The van der Waals surface area contributed by atoms with Gasteiger partial charge in [-0.2, -0.15) is 0 Å². The highest BCUT2D eigenvalue weighted by atomic mass is 35.5. The van der Waals surface area contributed by atoms with E-state index in [-0.39, 0.29) is 0 Å². The third-order valence-electron chi connectivity index (χ3n) is 3.89. The van der Waals surface area contributed by atoms with E-state index in [4.69, 9.17) is 16.3 Å². The fraction of sp³-hybridized carbons (Fsp3) is 0.333. The predicted octanol–water partition coefficient (Wildman–Crippen LogP) is 5.00. The maximum atomic E-state index is 6.11. The predicted molar refractivity (Wildman–Crippen MR) is 87.3 cm³/mol. The van der Waals surface area contributed by atoms with E-state index in [9.17, 15) is 0 Å². The van der Waals surface area contributed by atoms with Gasteiger partial charge >= 0.3 is 0 Å². The minimum absolute atomic E-state index is 0.676. The fourth-order valence-corrected chi connectivity index (χ4v) is 2.38. The molecule has 0 heterocycles. The first-order valence-electron chi connectivity index (χ1n) is 7.39. The smallest absolute Gasteiger partial charge is 0.133 e. The SMILES string of the molecule is Cc1ccc(Oc2cc(Cl)ccc2CNC2CC2)cc1C. The quantitative estimate of drug-likeness (QED) is 0.839. The molecule has 0 amide bonds. The number of benzene rings is 2. The van der Waals surface area contributed by atoms with Gasteiger partial charge in [-0.05, 0) is 62.1 Å². The Bertz CT molecular complexity index is 650. The van der Waals surface area contributed by atoms with Crippen molar-refractivity contribution in [3.63, 3.8) is 0 Å². The molecule has 1 fully saturated rings. The molecule has 0 spiro atoms. The second-order valence-corrected chi connectivity index (χ2v) is 6.19. The minimum atomic E-state index is 0.676. The van der Waals surface area contributed by atoms with Crippen LogP contribution in [0.25, 0.3) is 0 Å². The zero-order chi connectivity index (χ0) is 14.8. The Kier molecular flexibility index (Phi) is 4.18. The second-order valence-electron chi connectivity index (χ2n) is 5.76. The molecular weight excluding hydrogens is 282 g/mol. The minimum Gasteiger partial charge on any atom is -0.457 e. The van der Waals surface area contributed by atoms with Crippen molar-refractivity contribution in [3.05, 3.63) is 58.1 Å². The summed E-state index contributed by atoms with van der Waals surface area (Å²) in [5.41, 5.74) is 3.64. The summed E-state index contributed by atoms with van der Waals surface area (Å²) in [6.07, 6.45) is 2.56. The fourth-order valence-electron chi connectivity index (χ4n) is 2.22. The summed E-state index contributed by atoms with van der Waals surface area (Å²) in [6.45, 7) is 5.02. The molecule has 0 aromatic heterocycles. The topological polar surface area (TPSA) is 21.3 Å². The van der Waals surface area contributed by atoms with Gasteiger partial charge in [-0.25, -0.2) is 0 Å². The van der Waals surface area contributed by atoms with Crippen LogP contribution in [0, 0.1) is 13.8 Å². The number of nitrogens with one attached hydrogen (secondary N) is 1. The molecule has 0 unspecified atom stereocenters. The Hall–Kier alpha value is -1.51. The van der Waals surface area contributed by atoms with E-state index < -0.39 is 0 Å². The van der Waals surface area contributed by atoms with Crippen molar-refractivity contribution in [1.29, 1.82) is 0 Å². The first-order chi connectivity index (χ1) is 10.1. The molecule has 3 heteroatoms. The Labute approximate surface area is 131 Å². The van der Waals surface area contributed by atoms with Gasteiger partial charge in [0.05, 0.1) is 0 Å². The van der Waals surface area contributed by atoms with E-state index in [1.54, 1.807) is 0 Å². The summed E-state index contributed by atoms with van der Waals surface area (Å²) < 4.78 is 6.05. The monoisotopic (exact) mass is 301 g/mol. The molecule has 1 saturated carbocycles. The largest absolute Gasteiger partial charge is 0.457 e. The maximum Gasteiger partial charge on any atom is 0.133 e. The number of ether oxygens (including phenoxy) is 1. The van der Waals surface area contributed by atoms with Gasteiger partial charge in [0.15, 0.2) is 0 Å². The van der Waals surface area contributed by atoms with Gasteiger partial charge in [-0.15, -0.1) is 0 Å². The molecule has 0 aliphatic heterocycles. The zero-order valence-electron chi connectivity index (χ0n) is 12.4. The highest BCUT2D eigenvalue weighted by molar-refractivity contribution is 6.30. The Morgan fingerprint density at radius 3 is 2.62 bits per heavy atom. The molecule has 110 valence electrons. The molecule has 3 rings (SSSR count). The second kappa shape index (κ2) is 6.08. The Morgan fingerprint density at radius 2 is 1.90 bits per heavy atom. The first-order valence-corrected chi connectivity index (χ1v) is 7.76. The number of hydrogen-bond acceptors (Lipinski definition) is 2. The molecule has 2 aromatic rings. The average molecular weight is 302 g/mol. The highest BCUT2D eigenvalue weighted by Gasteiger charge is 2.20. The normalized spacial score (nSPS) is 14.2. The molecule has 2 aromatic carbocycles. The summed E-state index contributed by atoms with van der Waals surface area (Å²) in [7, 11) is 0. The Morgan fingerprint density at radius 1 is 1.10 bits per heavy atom. The van der Waals surface area contributed by atoms with Crippen LogP contribution in [0.3, 0.4) is 0 Å². The van der Waals surface area contributed by atoms with Crippen LogP contribution in [0.2, 0.25) is 5.02 Å². The van der Waals surface area contributed by atoms with Gasteiger partial charge in [-0.1, -0.05) is 23.7 Å². The van der Waals surface area contributed by atoms with Crippen LogP contribution in [0.4, 0.5) is 0 Å².